The first-order valence-corrected chi connectivity index (χ1v) is 9.20. The predicted octanol–water partition coefficient (Wildman–Crippen LogP) is 1.59. The zero-order chi connectivity index (χ0) is 16.8. The van der Waals surface area contributed by atoms with Gasteiger partial charge in [-0.25, -0.2) is 0 Å². The second kappa shape index (κ2) is 8.51. The fraction of sp³-hybridized carbons (Fsp3) is 0.368. The number of para-hydroxylation sites is 1. The number of aliphatic hydroxyl groups excluding tert-OH is 1. The number of aliphatic hydroxyl groups is 1. The number of anilines is 1. The lowest BCUT2D eigenvalue weighted by molar-refractivity contribution is -0.903. The summed E-state index contributed by atoms with van der Waals surface area (Å²) in [5.41, 5.74) is 1.29. The molecule has 1 aliphatic heterocycles. The van der Waals surface area contributed by atoms with Crippen LogP contribution in [0.5, 0.6) is 5.75 Å². The van der Waals surface area contributed by atoms with Crippen LogP contribution in [0, 0.1) is 0 Å². The number of rotatable bonds is 6. The first-order chi connectivity index (χ1) is 11.7. The SMILES string of the molecule is O[C@H](COc1ccc(Br)cc1)C[NH+]1CCN(c2ccccc2)CC1. The summed E-state index contributed by atoms with van der Waals surface area (Å²) < 4.78 is 6.68. The summed E-state index contributed by atoms with van der Waals surface area (Å²) in [6, 6.07) is 18.2. The third-order valence-corrected chi connectivity index (χ3v) is 4.90. The molecule has 3 rings (SSSR count). The van der Waals surface area contributed by atoms with Gasteiger partial charge < -0.3 is 19.6 Å². The number of hydrogen-bond donors (Lipinski definition) is 2. The molecule has 1 atom stereocenters. The van der Waals surface area contributed by atoms with Gasteiger partial charge in [0.25, 0.3) is 0 Å². The second-order valence-electron chi connectivity index (χ2n) is 6.20. The van der Waals surface area contributed by atoms with Gasteiger partial charge in [-0.3, -0.25) is 0 Å². The Morgan fingerprint density at radius 2 is 1.71 bits per heavy atom. The molecule has 24 heavy (non-hydrogen) atoms. The quantitative estimate of drug-likeness (QED) is 0.784. The largest absolute Gasteiger partial charge is 0.491 e. The Hall–Kier alpha value is -1.56. The average molecular weight is 392 g/mol. The van der Waals surface area contributed by atoms with Gasteiger partial charge in [0.05, 0.1) is 26.2 Å². The van der Waals surface area contributed by atoms with Gasteiger partial charge in [-0.2, -0.15) is 0 Å². The van der Waals surface area contributed by atoms with Crippen molar-refractivity contribution >= 4 is 21.6 Å². The molecule has 0 aromatic heterocycles. The Kier molecular flexibility index (Phi) is 6.12. The topological polar surface area (TPSA) is 37.1 Å². The van der Waals surface area contributed by atoms with Gasteiger partial charge in [0, 0.05) is 10.2 Å². The van der Waals surface area contributed by atoms with Crippen molar-refractivity contribution in [3.63, 3.8) is 0 Å². The first kappa shape index (κ1) is 17.3. The van der Waals surface area contributed by atoms with Crippen molar-refractivity contribution < 1.29 is 14.7 Å². The van der Waals surface area contributed by atoms with Crippen LogP contribution in [0.25, 0.3) is 0 Å². The molecule has 0 bridgehead atoms. The van der Waals surface area contributed by atoms with Crippen LogP contribution in [-0.2, 0) is 0 Å². The molecule has 5 heteroatoms. The van der Waals surface area contributed by atoms with Crippen LogP contribution in [0.1, 0.15) is 0 Å². The van der Waals surface area contributed by atoms with Crippen molar-refractivity contribution in [3.05, 3.63) is 59.1 Å². The normalized spacial score (nSPS) is 16.8. The van der Waals surface area contributed by atoms with Gasteiger partial charge in [0.1, 0.15) is 25.0 Å². The molecule has 1 heterocycles. The van der Waals surface area contributed by atoms with Gasteiger partial charge in [-0.1, -0.05) is 34.1 Å². The van der Waals surface area contributed by atoms with Crippen molar-refractivity contribution in [3.8, 4) is 5.75 Å². The maximum absolute atomic E-state index is 10.2. The van der Waals surface area contributed by atoms with Gasteiger partial charge in [0.15, 0.2) is 0 Å². The van der Waals surface area contributed by atoms with E-state index in [1.54, 1.807) is 0 Å². The minimum absolute atomic E-state index is 0.341. The van der Waals surface area contributed by atoms with Crippen LogP contribution >= 0.6 is 15.9 Å². The lowest BCUT2D eigenvalue weighted by Gasteiger charge is -2.34. The first-order valence-electron chi connectivity index (χ1n) is 8.41. The van der Waals surface area contributed by atoms with Crippen molar-refractivity contribution in [2.24, 2.45) is 0 Å². The van der Waals surface area contributed by atoms with E-state index in [1.807, 2.05) is 30.3 Å². The maximum atomic E-state index is 10.2. The third kappa shape index (κ3) is 4.97. The average Bonchev–Trinajstić information content (AvgIpc) is 2.63. The van der Waals surface area contributed by atoms with Crippen LogP contribution in [0.2, 0.25) is 0 Å². The molecular weight excluding hydrogens is 368 g/mol. The molecule has 2 aromatic rings. The lowest BCUT2D eigenvalue weighted by atomic mass is 10.2. The molecule has 0 aliphatic carbocycles. The highest BCUT2D eigenvalue weighted by Crippen LogP contribution is 2.16. The molecular formula is C19H24BrN2O2+. The number of quaternary nitrogens is 1. The van der Waals surface area contributed by atoms with Crippen LogP contribution in [0.4, 0.5) is 5.69 Å². The molecule has 4 nitrogen and oxygen atoms in total. The van der Waals surface area contributed by atoms with Gasteiger partial charge >= 0.3 is 0 Å². The highest BCUT2D eigenvalue weighted by Gasteiger charge is 2.22. The molecule has 1 aliphatic rings. The van der Waals surface area contributed by atoms with E-state index in [4.69, 9.17) is 4.74 Å². The van der Waals surface area contributed by atoms with E-state index in [9.17, 15) is 5.11 Å². The Labute approximate surface area is 151 Å². The Balaban J connectivity index is 1.40. The molecule has 0 amide bonds. The number of halogens is 1. The van der Waals surface area contributed by atoms with E-state index in [0.29, 0.717) is 6.61 Å². The highest BCUT2D eigenvalue weighted by molar-refractivity contribution is 9.10. The summed E-state index contributed by atoms with van der Waals surface area (Å²) in [6.07, 6.45) is -0.438. The van der Waals surface area contributed by atoms with Crippen LogP contribution < -0.4 is 14.5 Å². The number of benzene rings is 2. The minimum atomic E-state index is -0.438. The zero-order valence-electron chi connectivity index (χ0n) is 13.7. The summed E-state index contributed by atoms with van der Waals surface area (Å²) >= 11 is 3.40. The number of hydrogen-bond acceptors (Lipinski definition) is 3. The molecule has 0 unspecified atom stereocenters. The summed E-state index contributed by atoms with van der Waals surface area (Å²) in [5, 5.41) is 10.2. The molecule has 2 aromatic carbocycles. The molecule has 2 N–H and O–H groups in total. The van der Waals surface area contributed by atoms with E-state index in [0.717, 1.165) is 42.9 Å². The third-order valence-electron chi connectivity index (χ3n) is 4.37. The maximum Gasteiger partial charge on any atom is 0.137 e. The van der Waals surface area contributed by atoms with E-state index >= 15 is 0 Å². The van der Waals surface area contributed by atoms with E-state index in [1.165, 1.54) is 10.6 Å². The van der Waals surface area contributed by atoms with Crippen molar-refractivity contribution in [1.82, 2.24) is 0 Å². The highest BCUT2D eigenvalue weighted by atomic mass is 79.9. The summed E-state index contributed by atoms with van der Waals surface area (Å²) in [4.78, 5) is 3.85. The minimum Gasteiger partial charge on any atom is -0.491 e. The smallest absolute Gasteiger partial charge is 0.137 e. The molecule has 0 saturated carbocycles. The van der Waals surface area contributed by atoms with Crippen LogP contribution in [0.15, 0.2) is 59.1 Å². The van der Waals surface area contributed by atoms with Gasteiger partial charge in [-0.05, 0) is 36.4 Å². The molecule has 1 fully saturated rings. The van der Waals surface area contributed by atoms with Crippen molar-refractivity contribution in [2.45, 2.75) is 6.10 Å². The molecule has 128 valence electrons. The monoisotopic (exact) mass is 391 g/mol. The zero-order valence-corrected chi connectivity index (χ0v) is 15.3. The lowest BCUT2D eigenvalue weighted by Crippen LogP contribution is -3.16. The molecule has 1 saturated heterocycles. The summed E-state index contributed by atoms with van der Waals surface area (Å²) in [7, 11) is 0. The Bertz CT molecular complexity index is 613. The van der Waals surface area contributed by atoms with Gasteiger partial charge in [0.2, 0.25) is 0 Å². The van der Waals surface area contributed by atoms with Crippen LogP contribution in [-0.4, -0.2) is 50.5 Å². The fourth-order valence-electron chi connectivity index (χ4n) is 3.04. The van der Waals surface area contributed by atoms with E-state index in [2.05, 4.69) is 45.1 Å². The predicted molar refractivity (Wildman–Crippen MR) is 99.9 cm³/mol. The van der Waals surface area contributed by atoms with Crippen LogP contribution in [0.3, 0.4) is 0 Å². The van der Waals surface area contributed by atoms with Crippen molar-refractivity contribution in [1.29, 1.82) is 0 Å². The number of piperazine rings is 1. The van der Waals surface area contributed by atoms with E-state index in [-0.39, 0.29) is 0 Å². The van der Waals surface area contributed by atoms with E-state index < -0.39 is 6.10 Å². The second-order valence-corrected chi connectivity index (χ2v) is 7.11. The number of nitrogens with one attached hydrogen (secondary N) is 1. The molecule has 0 spiro atoms. The summed E-state index contributed by atoms with van der Waals surface area (Å²) in [6.45, 7) is 5.22. The number of ether oxygens (including phenoxy) is 1. The Morgan fingerprint density at radius 3 is 2.38 bits per heavy atom. The Morgan fingerprint density at radius 1 is 1.04 bits per heavy atom. The van der Waals surface area contributed by atoms with Gasteiger partial charge in [-0.15, -0.1) is 0 Å². The number of nitrogens with zero attached hydrogens (tertiary/aromatic N) is 1. The standard InChI is InChI=1S/C19H23BrN2O2/c20-16-6-8-19(9-7-16)24-15-18(23)14-21-10-12-22(13-11-21)17-4-2-1-3-5-17/h1-9,18,23H,10-15H2/p+1/t18-/m0/s1. The summed E-state index contributed by atoms with van der Waals surface area (Å²) in [5.74, 6) is 0.793. The molecule has 0 radical (unpaired) electrons. The fourth-order valence-corrected chi connectivity index (χ4v) is 3.30. The van der Waals surface area contributed by atoms with Crippen molar-refractivity contribution in [2.75, 3.05) is 44.2 Å².